The molecule has 1 aliphatic rings. The minimum atomic E-state index is 0.602. The molecule has 2 N–H and O–H groups in total. The highest BCUT2D eigenvalue weighted by Crippen LogP contribution is 2.45. The summed E-state index contributed by atoms with van der Waals surface area (Å²) in [5, 5.41) is 10.9. The number of nitriles is 1. The molecule has 1 fully saturated rings. The molecule has 1 aromatic heterocycles. The topological polar surface area (TPSA) is 62.7 Å². The molecule has 0 bridgehead atoms. The zero-order chi connectivity index (χ0) is 11.8. The lowest BCUT2D eigenvalue weighted by Gasteiger charge is -2.00. The van der Waals surface area contributed by atoms with E-state index in [9.17, 15) is 0 Å². The Kier molecular flexibility index (Phi) is 2.34. The molecule has 2 aromatic rings. The van der Waals surface area contributed by atoms with Crippen molar-refractivity contribution in [1.29, 1.82) is 5.26 Å². The van der Waals surface area contributed by atoms with E-state index in [2.05, 4.69) is 11.1 Å². The van der Waals surface area contributed by atoms with E-state index in [1.807, 2.05) is 18.2 Å². The molecular formula is C13H11N3S. The van der Waals surface area contributed by atoms with Gasteiger partial charge in [0.1, 0.15) is 10.7 Å². The van der Waals surface area contributed by atoms with Crippen LogP contribution in [0.15, 0.2) is 24.3 Å². The zero-order valence-electron chi connectivity index (χ0n) is 9.18. The van der Waals surface area contributed by atoms with Crippen LogP contribution in [0.5, 0.6) is 0 Å². The fourth-order valence-corrected chi connectivity index (χ4v) is 2.85. The van der Waals surface area contributed by atoms with Crippen LogP contribution in [0, 0.1) is 11.3 Å². The van der Waals surface area contributed by atoms with Gasteiger partial charge in [0.2, 0.25) is 0 Å². The number of benzene rings is 1. The number of thiazole rings is 1. The maximum absolute atomic E-state index is 9.08. The van der Waals surface area contributed by atoms with Gasteiger partial charge < -0.3 is 5.73 Å². The van der Waals surface area contributed by atoms with Gasteiger partial charge in [0.25, 0.3) is 0 Å². The average Bonchev–Trinajstić information content (AvgIpc) is 3.13. The van der Waals surface area contributed by atoms with E-state index in [1.165, 1.54) is 12.8 Å². The largest absolute Gasteiger partial charge is 0.389 e. The fraction of sp³-hybridized carbons (Fsp3) is 0.231. The molecule has 0 unspecified atom stereocenters. The van der Waals surface area contributed by atoms with Crippen molar-refractivity contribution in [2.45, 2.75) is 18.8 Å². The molecule has 0 spiro atoms. The van der Waals surface area contributed by atoms with Gasteiger partial charge in [-0.3, -0.25) is 0 Å². The molecule has 4 heteroatoms. The number of nitrogens with two attached hydrogens (primary N) is 1. The van der Waals surface area contributed by atoms with Gasteiger partial charge in [0.15, 0.2) is 0 Å². The average molecular weight is 241 g/mol. The SMILES string of the molecule is N#Cc1ccccc1-c1nc(C2CC2)sc1N. The first-order chi connectivity index (χ1) is 8.29. The lowest BCUT2D eigenvalue weighted by molar-refractivity contribution is 1.09. The van der Waals surface area contributed by atoms with Crippen molar-refractivity contribution in [2.75, 3.05) is 5.73 Å². The van der Waals surface area contributed by atoms with Gasteiger partial charge in [0, 0.05) is 11.5 Å². The molecule has 0 saturated heterocycles. The number of nitrogens with zero attached hydrogens (tertiary/aromatic N) is 2. The van der Waals surface area contributed by atoms with Gasteiger partial charge in [-0.2, -0.15) is 5.26 Å². The molecule has 0 aliphatic heterocycles. The Labute approximate surface area is 104 Å². The molecule has 0 radical (unpaired) electrons. The second kappa shape index (κ2) is 3.86. The third-order valence-electron chi connectivity index (χ3n) is 2.90. The Bertz CT molecular complexity index is 605. The van der Waals surface area contributed by atoms with Crippen LogP contribution in [-0.4, -0.2) is 4.98 Å². The summed E-state index contributed by atoms with van der Waals surface area (Å²) in [6.45, 7) is 0. The number of hydrogen-bond acceptors (Lipinski definition) is 4. The van der Waals surface area contributed by atoms with E-state index in [0.29, 0.717) is 11.5 Å². The number of anilines is 1. The van der Waals surface area contributed by atoms with Crippen molar-refractivity contribution in [2.24, 2.45) is 0 Å². The van der Waals surface area contributed by atoms with E-state index < -0.39 is 0 Å². The molecular weight excluding hydrogens is 230 g/mol. The molecule has 3 rings (SSSR count). The first-order valence-corrected chi connectivity index (χ1v) is 6.37. The first-order valence-electron chi connectivity index (χ1n) is 5.55. The smallest absolute Gasteiger partial charge is 0.114 e. The van der Waals surface area contributed by atoms with E-state index in [1.54, 1.807) is 17.4 Å². The van der Waals surface area contributed by atoms with E-state index >= 15 is 0 Å². The van der Waals surface area contributed by atoms with Crippen molar-refractivity contribution in [1.82, 2.24) is 4.98 Å². The van der Waals surface area contributed by atoms with E-state index in [-0.39, 0.29) is 0 Å². The fourth-order valence-electron chi connectivity index (χ4n) is 1.83. The number of hydrogen-bond donors (Lipinski definition) is 1. The van der Waals surface area contributed by atoms with Crippen LogP contribution in [0.2, 0.25) is 0 Å². The first kappa shape index (κ1) is 10.3. The Hall–Kier alpha value is -1.86. The quantitative estimate of drug-likeness (QED) is 0.878. The lowest BCUT2D eigenvalue weighted by Crippen LogP contribution is -1.89. The third-order valence-corrected chi connectivity index (χ3v) is 3.95. The predicted octanol–water partition coefficient (Wildman–Crippen LogP) is 3.14. The van der Waals surface area contributed by atoms with Crippen LogP contribution in [-0.2, 0) is 0 Å². The van der Waals surface area contributed by atoms with Crippen LogP contribution in [0.3, 0.4) is 0 Å². The van der Waals surface area contributed by atoms with Crippen molar-refractivity contribution >= 4 is 16.3 Å². The summed E-state index contributed by atoms with van der Waals surface area (Å²) in [4.78, 5) is 4.59. The predicted molar refractivity (Wildman–Crippen MR) is 68.7 cm³/mol. The molecule has 17 heavy (non-hydrogen) atoms. The Morgan fingerprint density at radius 3 is 2.82 bits per heavy atom. The van der Waals surface area contributed by atoms with Crippen molar-refractivity contribution in [3.63, 3.8) is 0 Å². The second-order valence-corrected chi connectivity index (χ2v) is 5.26. The molecule has 1 aliphatic carbocycles. The van der Waals surface area contributed by atoms with E-state index in [4.69, 9.17) is 11.0 Å². The summed E-state index contributed by atoms with van der Waals surface area (Å²) in [6.07, 6.45) is 2.43. The zero-order valence-corrected chi connectivity index (χ0v) is 10.00. The summed E-state index contributed by atoms with van der Waals surface area (Å²) >= 11 is 1.56. The monoisotopic (exact) mass is 241 g/mol. The van der Waals surface area contributed by atoms with Crippen molar-refractivity contribution in [3.8, 4) is 17.3 Å². The van der Waals surface area contributed by atoms with Crippen LogP contribution < -0.4 is 5.73 Å². The summed E-state index contributed by atoms with van der Waals surface area (Å²) in [5.41, 5.74) is 8.26. The molecule has 1 aromatic carbocycles. The molecule has 1 heterocycles. The van der Waals surface area contributed by atoms with Crippen LogP contribution >= 0.6 is 11.3 Å². The summed E-state index contributed by atoms with van der Waals surface area (Å²) < 4.78 is 0. The summed E-state index contributed by atoms with van der Waals surface area (Å²) in [7, 11) is 0. The van der Waals surface area contributed by atoms with Crippen LogP contribution in [0.4, 0.5) is 5.00 Å². The second-order valence-electron chi connectivity index (χ2n) is 4.20. The maximum Gasteiger partial charge on any atom is 0.114 e. The lowest BCUT2D eigenvalue weighted by atomic mass is 10.1. The Morgan fingerprint density at radius 2 is 2.12 bits per heavy atom. The molecule has 84 valence electrons. The minimum absolute atomic E-state index is 0.602. The number of nitrogen functional groups attached to an aromatic ring is 1. The van der Waals surface area contributed by atoms with Crippen LogP contribution in [0.25, 0.3) is 11.3 Å². The van der Waals surface area contributed by atoms with Gasteiger partial charge >= 0.3 is 0 Å². The standard InChI is InChI=1S/C13H11N3S/c14-7-9-3-1-2-4-10(9)11-12(15)17-13(16-11)8-5-6-8/h1-4,8H,5-6,15H2. The number of rotatable bonds is 2. The summed E-state index contributed by atoms with van der Waals surface area (Å²) in [6, 6.07) is 9.65. The highest BCUT2D eigenvalue weighted by Gasteiger charge is 2.28. The van der Waals surface area contributed by atoms with Gasteiger partial charge in [-0.1, -0.05) is 18.2 Å². The van der Waals surface area contributed by atoms with Gasteiger partial charge in [-0.15, -0.1) is 11.3 Å². The molecule has 1 saturated carbocycles. The van der Waals surface area contributed by atoms with Crippen LogP contribution in [0.1, 0.15) is 29.3 Å². The normalized spacial score (nSPS) is 14.5. The highest BCUT2D eigenvalue weighted by molar-refractivity contribution is 7.16. The molecule has 0 amide bonds. The van der Waals surface area contributed by atoms with Gasteiger partial charge in [-0.25, -0.2) is 4.98 Å². The Balaban J connectivity index is 2.11. The van der Waals surface area contributed by atoms with Gasteiger partial charge in [-0.05, 0) is 18.9 Å². The third kappa shape index (κ3) is 1.79. The Morgan fingerprint density at radius 1 is 1.35 bits per heavy atom. The summed E-state index contributed by atoms with van der Waals surface area (Å²) in [5.74, 6) is 0.602. The molecule has 3 nitrogen and oxygen atoms in total. The minimum Gasteiger partial charge on any atom is -0.389 e. The van der Waals surface area contributed by atoms with Crippen molar-refractivity contribution in [3.05, 3.63) is 34.8 Å². The van der Waals surface area contributed by atoms with Gasteiger partial charge in [0.05, 0.1) is 16.6 Å². The van der Waals surface area contributed by atoms with E-state index in [0.717, 1.165) is 21.3 Å². The molecule has 0 atom stereocenters. The number of aromatic nitrogens is 1. The maximum atomic E-state index is 9.08. The highest BCUT2D eigenvalue weighted by atomic mass is 32.1. The van der Waals surface area contributed by atoms with Crippen molar-refractivity contribution < 1.29 is 0 Å².